The number of carbonyl (C=O) groups is 1. The fourth-order valence-electron chi connectivity index (χ4n) is 4.19. The molecule has 1 aliphatic rings. The molecule has 0 spiro atoms. The van der Waals surface area contributed by atoms with Crippen LogP contribution in [0.2, 0.25) is 0 Å². The van der Waals surface area contributed by atoms with Crippen molar-refractivity contribution >= 4 is 55.5 Å². The van der Waals surface area contributed by atoms with Crippen LogP contribution in [0.3, 0.4) is 0 Å². The Morgan fingerprint density at radius 3 is 2.92 bits per heavy atom. The fraction of sp³-hybridized carbons (Fsp3) is 0.217. The van der Waals surface area contributed by atoms with E-state index in [2.05, 4.69) is 80.0 Å². The van der Waals surface area contributed by atoms with Crippen molar-refractivity contribution in [2.24, 2.45) is 5.10 Å². The summed E-state index contributed by atoms with van der Waals surface area (Å²) in [6.07, 6.45) is 3.44. The molecular weight excluding hydrogens is 610 g/mol. The van der Waals surface area contributed by atoms with E-state index in [-0.39, 0.29) is 17.3 Å². The molecule has 0 radical (unpaired) electrons. The Bertz CT molecular complexity index is 1480. The molecule has 3 N–H and O–H groups in total. The molecule has 1 aliphatic heterocycles. The first-order valence-corrected chi connectivity index (χ1v) is 12.8. The number of hydrazone groups is 1. The second-order valence-corrected chi connectivity index (χ2v) is 9.90. The number of hydrogen-bond acceptors (Lipinski definition) is 10. The number of carbonyl (C=O) groups excluding carboxylic acids is 1. The smallest absolute Gasteiger partial charge is 0.293 e. The highest BCUT2D eigenvalue weighted by Crippen LogP contribution is 2.32. The van der Waals surface area contributed by atoms with E-state index in [1.807, 2.05) is 24.3 Å². The van der Waals surface area contributed by atoms with Gasteiger partial charge in [-0.05, 0) is 62.8 Å². The number of fused-ring (bicyclic) bond motifs is 1. The van der Waals surface area contributed by atoms with Crippen molar-refractivity contribution in [3.8, 4) is 11.6 Å². The third-order valence-corrected chi connectivity index (χ3v) is 6.88. The minimum atomic E-state index is -0.550. The topological polar surface area (TPSA) is 150 Å². The van der Waals surface area contributed by atoms with Gasteiger partial charge in [0.2, 0.25) is 11.6 Å². The number of amides is 1. The number of rotatable bonds is 7. The molecule has 0 fully saturated rings. The number of aryl methyl sites for hydroxylation is 1. The molecule has 12 nitrogen and oxygen atoms in total. The Morgan fingerprint density at radius 2 is 2.14 bits per heavy atom. The van der Waals surface area contributed by atoms with Gasteiger partial charge >= 0.3 is 0 Å². The zero-order chi connectivity index (χ0) is 25.9. The van der Waals surface area contributed by atoms with Crippen LogP contribution in [-0.2, 0) is 13.0 Å². The first kappa shape index (κ1) is 24.9. The number of hydrogen-bond donors (Lipinski definition) is 2. The lowest BCUT2D eigenvalue weighted by molar-refractivity contribution is 0.0949. The minimum Gasteiger partial charge on any atom is -0.495 e. The predicted octanol–water partition coefficient (Wildman–Crippen LogP) is 3.48. The summed E-state index contributed by atoms with van der Waals surface area (Å²) in [6.45, 7) is 1.13. The van der Waals surface area contributed by atoms with Gasteiger partial charge in [0.25, 0.3) is 5.91 Å². The second-order valence-electron chi connectivity index (χ2n) is 8.13. The third-order valence-electron chi connectivity index (χ3n) is 5.83. The fourth-order valence-corrected chi connectivity index (χ4v) is 5.61. The maximum atomic E-state index is 13.2. The highest BCUT2D eigenvalue weighted by molar-refractivity contribution is 9.11. The summed E-state index contributed by atoms with van der Waals surface area (Å²) in [6, 6.07) is 11.8. The van der Waals surface area contributed by atoms with E-state index in [0.29, 0.717) is 23.6 Å². The molecule has 1 amide bonds. The number of nitrogens with two attached hydrogens (primary N) is 1. The summed E-state index contributed by atoms with van der Waals surface area (Å²) in [5, 5.41) is 19.8. The van der Waals surface area contributed by atoms with Crippen molar-refractivity contribution < 1.29 is 14.2 Å². The molecule has 0 bridgehead atoms. The number of aromatic nitrogens is 5. The largest absolute Gasteiger partial charge is 0.495 e. The van der Waals surface area contributed by atoms with E-state index in [4.69, 9.17) is 15.1 Å². The predicted molar refractivity (Wildman–Crippen MR) is 143 cm³/mol. The van der Waals surface area contributed by atoms with Crippen LogP contribution in [0.1, 0.15) is 33.7 Å². The van der Waals surface area contributed by atoms with E-state index in [1.54, 1.807) is 7.11 Å². The molecule has 2 aromatic heterocycles. The summed E-state index contributed by atoms with van der Waals surface area (Å²) < 4.78 is 13.1. The van der Waals surface area contributed by atoms with Gasteiger partial charge in [-0.3, -0.25) is 4.79 Å². The van der Waals surface area contributed by atoms with Gasteiger partial charge in [0.05, 0.1) is 30.0 Å². The first-order valence-electron chi connectivity index (χ1n) is 11.2. The van der Waals surface area contributed by atoms with Gasteiger partial charge in [-0.15, -0.1) is 5.10 Å². The SMILES string of the molecule is COc1c(Br)cc(Br)cc1/C=N\NC(=O)c1nnn(-c2nonc2N)c1CN1CCCc2ccccc21. The molecule has 14 heteroatoms. The van der Waals surface area contributed by atoms with Crippen LogP contribution in [0.15, 0.2) is 55.1 Å². The monoisotopic (exact) mass is 629 g/mol. The highest BCUT2D eigenvalue weighted by Gasteiger charge is 2.27. The Balaban J connectivity index is 1.46. The average Bonchev–Trinajstić information content (AvgIpc) is 3.49. The number of para-hydroxylation sites is 1. The lowest BCUT2D eigenvalue weighted by Gasteiger charge is -2.31. The van der Waals surface area contributed by atoms with Gasteiger partial charge in [-0.2, -0.15) is 9.78 Å². The van der Waals surface area contributed by atoms with Crippen molar-refractivity contribution in [2.75, 3.05) is 24.3 Å². The van der Waals surface area contributed by atoms with E-state index < -0.39 is 5.91 Å². The number of nitrogens with zero attached hydrogens (tertiary/aromatic N) is 7. The van der Waals surface area contributed by atoms with Gasteiger partial charge in [0.15, 0.2) is 5.69 Å². The molecule has 0 unspecified atom stereocenters. The Labute approximate surface area is 228 Å². The van der Waals surface area contributed by atoms with Gasteiger partial charge in [-0.1, -0.05) is 39.3 Å². The molecule has 4 aromatic rings. The summed E-state index contributed by atoms with van der Waals surface area (Å²) in [7, 11) is 1.55. The number of nitrogens with one attached hydrogen (secondary N) is 1. The Hall–Kier alpha value is -3.78. The van der Waals surface area contributed by atoms with Crippen LogP contribution in [0, 0.1) is 0 Å². The van der Waals surface area contributed by atoms with E-state index in [1.165, 1.54) is 16.5 Å². The van der Waals surface area contributed by atoms with Crippen LogP contribution in [-0.4, -0.2) is 51.1 Å². The number of benzene rings is 2. The lowest BCUT2D eigenvalue weighted by atomic mass is 10.0. The lowest BCUT2D eigenvalue weighted by Crippen LogP contribution is -2.31. The highest BCUT2D eigenvalue weighted by atomic mass is 79.9. The number of anilines is 2. The van der Waals surface area contributed by atoms with Crippen molar-refractivity contribution in [1.82, 2.24) is 30.7 Å². The van der Waals surface area contributed by atoms with Crippen molar-refractivity contribution in [3.05, 3.63) is 67.9 Å². The molecule has 190 valence electrons. The number of methoxy groups -OCH3 is 1. The quantitative estimate of drug-likeness (QED) is 0.231. The summed E-state index contributed by atoms with van der Waals surface area (Å²) in [4.78, 5) is 15.4. The number of nitrogen functional groups attached to an aromatic ring is 1. The first-order chi connectivity index (χ1) is 18.0. The van der Waals surface area contributed by atoms with E-state index in [0.717, 1.165) is 34.0 Å². The second kappa shape index (κ2) is 10.7. The van der Waals surface area contributed by atoms with Crippen LogP contribution in [0.4, 0.5) is 11.5 Å². The Kier molecular flexibility index (Phi) is 7.19. The minimum absolute atomic E-state index is 0.0301. The average molecular weight is 631 g/mol. The van der Waals surface area contributed by atoms with Crippen molar-refractivity contribution in [3.63, 3.8) is 0 Å². The van der Waals surface area contributed by atoms with Crippen LogP contribution < -0.4 is 20.8 Å². The molecular formula is C23H21Br2N9O3. The van der Waals surface area contributed by atoms with E-state index >= 15 is 0 Å². The number of ether oxygens (including phenoxy) is 1. The van der Waals surface area contributed by atoms with Crippen LogP contribution in [0.5, 0.6) is 5.75 Å². The van der Waals surface area contributed by atoms with Gasteiger partial charge < -0.3 is 15.4 Å². The maximum Gasteiger partial charge on any atom is 0.293 e. The zero-order valence-electron chi connectivity index (χ0n) is 19.6. The van der Waals surface area contributed by atoms with Gasteiger partial charge in [0, 0.05) is 22.3 Å². The summed E-state index contributed by atoms with van der Waals surface area (Å²) in [5.74, 6) is 0.207. The van der Waals surface area contributed by atoms with Crippen LogP contribution >= 0.6 is 31.9 Å². The van der Waals surface area contributed by atoms with Gasteiger partial charge in [0.1, 0.15) is 5.75 Å². The molecule has 0 atom stereocenters. The molecule has 0 saturated heterocycles. The molecule has 37 heavy (non-hydrogen) atoms. The Morgan fingerprint density at radius 1 is 1.30 bits per heavy atom. The van der Waals surface area contributed by atoms with Crippen molar-refractivity contribution in [2.45, 2.75) is 19.4 Å². The van der Waals surface area contributed by atoms with Crippen LogP contribution in [0.25, 0.3) is 5.82 Å². The van der Waals surface area contributed by atoms with Crippen molar-refractivity contribution in [1.29, 1.82) is 0 Å². The molecule has 0 saturated carbocycles. The normalized spacial score (nSPS) is 13.1. The maximum absolute atomic E-state index is 13.2. The molecule has 0 aliphatic carbocycles. The van der Waals surface area contributed by atoms with E-state index in [9.17, 15) is 4.79 Å². The molecule has 5 rings (SSSR count). The molecule has 2 aromatic carbocycles. The summed E-state index contributed by atoms with van der Waals surface area (Å²) in [5.41, 5.74) is 12.0. The zero-order valence-corrected chi connectivity index (χ0v) is 22.7. The number of halogens is 2. The third kappa shape index (κ3) is 5.06. The molecule has 3 heterocycles. The van der Waals surface area contributed by atoms with Gasteiger partial charge in [-0.25, -0.2) is 10.1 Å². The summed E-state index contributed by atoms with van der Waals surface area (Å²) >= 11 is 6.89. The standard InChI is InChI=1S/C23H21Br2N9O3/c1-36-20-14(9-15(24)10-16(20)25)11-27-29-23(35)19-18(34(32-28-19)22-21(26)30-37-31-22)12-33-8-4-6-13-5-2-3-7-17(13)33/h2-3,5,7,9-11H,4,6,8,12H2,1H3,(H2,26,30)(H,29,35)/b27-11-.